The van der Waals surface area contributed by atoms with Crippen LogP contribution < -0.4 is 16.0 Å². The molecule has 25 heavy (non-hydrogen) atoms. The summed E-state index contributed by atoms with van der Waals surface area (Å²) in [4.78, 5) is 31.4. The van der Waals surface area contributed by atoms with Gasteiger partial charge in [-0.3, -0.25) is 9.59 Å². The maximum Gasteiger partial charge on any atom is 0.255 e. The molecule has 128 valence electrons. The molecule has 2 amide bonds. The number of aliphatic imine (C=N–C) groups is 1. The van der Waals surface area contributed by atoms with E-state index in [4.69, 9.17) is 10.7 Å². The van der Waals surface area contributed by atoms with Crippen molar-refractivity contribution in [3.05, 3.63) is 60.2 Å². The molecule has 2 aromatic carbocycles. The molecule has 0 bridgehead atoms. The summed E-state index contributed by atoms with van der Waals surface area (Å²) in [6.45, 7) is 1.58. The summed E-state index contributed by atoms with van der Waals surface area (Å²) in [5, 5.41) is 2.74. The fourth-order valence-corrected chi connectivity index (χ4v) is 2.71. The number of anilines is 1. The molecule has 0 saturated heterocycles. The Morgan fingerprint density at radius 3 is 2.48 bits per heavy atom. The highest BCUT2D eigenvalue weighted by atomic mass is 16.2. The molecule has 0 aromatic heterocycles. The van der Waals surface area contributed by atoms with E-state index in [0.717, 1.165) is 5.56 Å². The lowest BCUT2D eigenvalue weighted by atomic mass is 10.0. The summed E-state index contributed by atoms with van der Waals surface area (Å²) in [7, 11) is 1.68. The zero-order valence-corrected chi connectivity index (χ0v) is 14.1. The minimum Gasteiger partial charge on any atom is -0.338 e. The minimum atomic E-state index is -0.904. The van der Waals surface area contributed by atoms with Gasteiger partial charge in [0.25, 0.3) is 5.91 Å². The average molecular weight is 336 g/mol. The van der Waals surface area contributed by atoms with Crippen LogP contribution in [-0.4, -0.2) is 36.7 Å². The number of benzene rings is 2. The van der Waals surface area contributed by atoms with Gasteiger partial charge in [-0.2, -0.15) is 0 Å². The number of carbonyl (C=O) groups excluding carboxylic acids is 2. The summed E-state index contributed by atoms with van der Waals surface area (Å²) >= 11 is 0. The average Bonchev–Trinajstić information content (AvgIpc) is 2.73. The zero-order valence-electron chi connectivity index (χ0n) is 14.1. The van der Waals surface area contributed by atoms with Gasteiger partial charge in [-0.25, -0.2) is 4.99 Å². The van der Waals surface area contributed by atoms with Crippen molar-refractivity contribution in [2.24, 2.45) is 10.7 Å². The highest BCUT2D eigenvalue weighted by molar-refractivity contribution is 6.23. The topological polar surface area (TPSA) is 87.8 Å². The van der Waals surface area contributed by atoms with Gasteiger partial charge < -0.3 is 16.0 Å². The molecule has 3 N–H and O–H groups in total. The van der Waals surface area contributed by atoms with Crippen LogP contribution in [0.4, 0.5) is 11.4 Å². The van der Waals surface area contributed by atoms with Crippen molar-refractivity contribution in [3.63, 3.8) is 0 Å². The maximum absolute atomic E-state index is 13.0. The molecule has 1 unspecified atom stereocenters. The molecule has 0 saturated carbocycles. The number of nitrogens with one attached hydrogen (secondary N) is 1. The van der Waals surface area contributed by atoms with Crippen molar-refractivity contribution in [2.75, 3.05) is 11.9 Å². The highest BCUT2D eigenvalue weighted by Crippen LogP contribution is 2.32. The van der Waals surface area contributed by atoms with E-state index in [1.807, 2.05) is 54.6 Å². The third-order valence-electron chi connectivity index (χ3n) is 4.10. The Hall–Kier alpha value is -2.99. The van der Waals surface area contributed by atoms with E-state index >= 15 is 0 Å². The lowest BCUT2D eigenvalue weighted by Gasteiger charge is -2.24. The zero-order chi connectivity index (χ0) is 18.0. The third kappa shape index (κ3) is 3.29. The van der Waals surface area contributed by atoms with E-state index < -0.39 is 18.0 Å². The molecule has 1 heterocycles. The van der Waals surface area contributed by atoms with E-state index in [0.29, 0.717) is 17.1 Å². The SMILES string of the molecule is C[C@H](N)C(=O)NC1C(=O)N(C)c2ccccc2N=C1c1ccccc1. The van der Waals surface area contributed by atoms with E-state index in [1.165, 1.54) is 4.90 Å². The number of hydrogen-bond donors (Lipinski definition) is 2. The molecule has 2 aromatic rings. The number of para-hydroxylation sites is 2. The van der Waals surface area contributed by atoms with Gasteiger partial charge in [-0.15, -0.1) is 0 Å². The minimum absolute atomic E-state index is 0.262. The second kappa shape index (κ2) is 6.86. The number of nitrogens with zero attached hydrogens (tertiary/aromatic N) is 2. The first-order valence-corrected chi connectivity index (χ1v) is 8.05. The van der Waals surface area contributed by atoms with Gasteiger partial charge in [-0.05, 0) is 24.6 Å². The largest absolute Gasteiger partial charge is 0.338 e. The Morgan fingerprint density at radius 2 is 1.80 bits per heavy atom. The van der Waals surface area contributed by atoms with Gasteiger partial charge in [0, 0.05) is 7.05 Å². The lowest BCUT2D eigenvalue weighted by Crippen LogP contribution is -2.54. The van der Waals surface area contributed by atoms with Crippen LogP contribution in [0.3, 0.4) is 0 Å². The molecule has 1 aliphatic rings. The van der Waals surface area contributed by atoms with Crippen LogP contribution in [0.1, 0.15) is 12.5 Å². The standard InChI is InChI=1S/C19H20N4O2/c1-12(20)18(24)22-17-16(13-8-4-3-5-9-13)21-14-10-6-7-11-15(14)23(2)19(17)25/h3-12,17H,20H2,1-2H3,(H,22,24)/t12-,17?/m0/s1. The van der Waals surface area contributed by atoms with Crippen molar-refractivity contribution < 1.29 is 9.59 Å². The first-order valence-electron chi connectivity index (χ1n) is 8.05. The quantitative estimate of drug-likeness (QED) is 0.893. The van der Waals surface area contributed by atoms with Crippen molar-refractivity contribution in [3.8, 4) is 0 Å². The molecule has 6 heteroatoms. The third-order valence-corrected chi connectivity index (χ3v) is 4.10. The Kier molecular flexibility index (Phi) is 4.63. The van der Waals surface area contributed by atoms with Gasteiger partial charge in [-0.1, -0.05) is 42.5 Å². The van der Waals surface area contributed by atoms with Crippen LogP contribution in [0.5, 0.6) is 0 Å². The Bertz CT molecular complexity index is 830. The van der Waals surface area contributed by atoms with Crippen LogP contribution in [-0.2, 0) is 9.59 Å². The summed E-state index contributed by atoms with van der Waals surface area (Å²) in [6, 6.07) is 15.1. The van der Waals surface area contributed by atoms with Crippen molar-refractivity contribution in [1.82, 2.24) is 5.32 Å². The second-order valence-electron chi connectivity index (χ2n) is 5.98. The van der Waals surface area contributed by atoms with Crippen LogP contribution in [0.15, 0.2) is 59.6 Å². The van der Waals surface area contributed by atoms with E-state index in [9.17, 15) is 9.59 Å². The molecule has 1 aliphatic heterocycles. The fourth-order valence-electron chi connectivity index (χ4n) is 2.71. The first kappa shape index (κ1) is 16.9. The second-order valence-corrected chi connectivity index (χ2v) is 5.98. The summed E-state index contributed by atoms with van der Waals surface area (Å²) in [5.41, 5.74) is 8.30. The molecule has 0 fully saturated rings. The van der Waals surface area contributed by atoms with E-state index in [2.05, 4.69) is 5.32 Å². The van der Waals surface area contributed by atoms with Gasteiger partial charge in [0.15, 0.2) is 6.04 Å². The lowest BCUT2D eigenvalue weighted by molar-refractivity contribution is -0.126. The fraction of sp³-hybridized carbons (Fsp3) is 0.211. The number of hydrogen-bond acceptors (Lipinski definition) is 4. The predicted molar refractivity (Wildman–Crippen MR) is 98.1 cm³/mol. The van der Waals surface area contributed by atoms with E-state index in [1.54, 1.807) is 14.0 Å². The molecule has 3 rings (SSSR count). The van der Waals surface area contributed by atoms with Crippen LogP contribution in [0, 0.1) is 0 Å². The van der Waals surface area contributed by atoms with Crippen molar-refractivity contribution in [1.29, 1.82) is 0 Å². The normalized spacial score (nSPS) is 18.0. The summed E-state index contributed by atoms with van der Waals surface area (Å²) < 4.78 is 0. The number of carbonyl (C=O) groups is 2. The van der Waals surface area contributed by atoms with Crippen LogP contribution >= 0.6 is 0 Å². The summed E-state index contributed by atoms with van der Waals surface area (Å²) in [6.07, 6.45) is 0. The van der Waals surface area contributed by atoms with Crippen molar-refractivity contribution in [2.45, 2.75) is 19.0 Å². The van der Waals surface area contributed by atoms with Crippen LogP contribution in [0.25, 0.3) is 0 Å². The highest BCUT2D eigenvalue weighted by Gasteiger charge is 2.34. The molecule has 2 atom stereocenters. The van der Waals surface area contributed by atoms with Crippen LogP contribution in [0.2, 0.25) is 0 Å². The van der Waals surface area contributed by atoms with Gasteiger partial charge in [0.2, 0.25) is 5.91 Å². The van der Waals surface area contributed by atoms with Gasteiger partial charge >= 0.3 is 0 Å². The first-order chi connectivity index (χ1) is 12.0. The number of nitrogens with two attached hydrogens (primary N) is 1. The molecule has 0 radical (unpaired) electrons. The number of amides is 2. The number of likely N-dealkylation sites (N-methyl/N-ethyl adjacent to an activating group) is 1. The Labute approximate surface area is 146 Å². The maximum atomic E-state index is 13.0. The number of rotatable bonds is 3. The molecular weight excluding hydrogens is 316 g/mol. The molecule has 0 spiro atoms. The molecule has 6 nitrogen and oxygen atoms in total. The Balaban J connectivity index is 2.14. The molecule has 0 aliphatic carbocycles. The summed E-state index contributed by atoms with van der Waals surface area (Å²) in [5.74, 6) is -0.664. The monoisotopic (exact) mass is 336 g/mol. The number of fused-ring (bicyclic) bond motifs is 1. The predicted octanol–water partition coefficient (Wildman–Crippen LogP) is 1.62. The smallest absolute Gasteiger partial charge is 0.255 e. The van der Waals surface area contributed by atoms with Gasteiger partial charge in [0.1, 0.15) is 0 Å². The van der Waals surface area contributed by atoms with Crippen molar-refractivity contribution >= 4 is 28.9 Å². The Morgan fingerprint density at radius 1 is 1.16 bits per heavy atom. The van der Waals surface area contributed by atoms with E-state index in [-0.39, 0.29) is 5.91 Å². The molecular formula is C19H20N4O2. The van der Waals surface area contributed by atoms with Gasteiger partial charge in [0.05, 0.1) is 23.1 Å².